The van der Waals surface area contributed by atoms with E-state index in [0.29, 0.717) is 0 Å². The molecule has 0 unspecified atom stereocenters. The molecule has 0 saturated heterocycles. The predicted molar refractivity (Wildman–Crippen MR) is 48.4 cm³/mol. The Labute approximate surface area is 74.8 Å². The van der Waals surface area contributed by atoms with Crippen molar-refractivity contribution in [2.24, 2.45) is 17.3 Å². The summed E-state index contributed by atoms with van der Waals surface area (Å²) in [4.78, 5) is 0. The maximum absolute atomic E-state index is 9.02. The Morgan fingerprint density at radius 1 is 1.17 bits per heavy atom. The molecule has 2 saturated carbocycles. The van der Waals surface area contributed by atoms with Crippen LogP contribution in [-0.2, 0) is 0 Å². The molecule has 2 rings (SSSR count). The van der Waals surface area contributed by atoms with Crippen LogP contribution in [0.15, 0.2) is 0 Å². The summed E-state index contributed by atoms with van der Waals surface area (Å²) in [6.07, 6.45) is 7.71. The van der Waals surface area contributed by atoms with Gasteiger partial charge in [-0.3, -0.25) is 0 Å². The molecule has 66 valence electrons. The molecule has 0 aliphatic heterocycles. The molecule has 2 aliphatic carbocycles. The van der Waals surface area contributed by atoms with E-state index < -0.39 is 0 Å². The van der Waals surface area contributed by atoms with Gasteiger partial charge in [-0.25, -0.2) is 0 Å². The second-order valence-corrected chi connectivity index (χ2v) is 4.72. The van der Waals surface area contributed by atoms with Gasteiger partial charge in [0.2, 0.25) is 0 Å². The van der Waals surface area contributed by atoms with Crippen LogP contribution in [0.5, 0.6) is 0 Å². The lowest BCUT2D eigenvalue weighted by molar-refractivity contribution is 0.231. The van der Waals surface area contributed by atoms with E-state index in [1.165, 1.54) is 38.5 Å². The van der Waals surface area contributed by atoms with Crippen LogP contribution in [0.3, 0.4) is 0 Å². The van der Waals surface area contributed by atoms with E-state index in [1.807, 2.05) is 0 Å². The lowest BCUT2D eigenvalue weighted by atomic mass is 9.75. The molecule has 0 atom stereocenters. The zero-order valence-electron chi connectivity index (χ0n) is 7.84. The summed E-state index contributed by atoms with van der Waals surface area (Å²) in [6.45, 7) is 2.34. The summed E-state index contributed by atoms with van der Waals surface area (Å²) in [6, 6.07) is 2.54. The number of rotatable bonds is 1. The largest absolute Gasteiger partial charge is 0.198 e. The minimum Gasteiger partial charge on any atom is -0.198 e. The van der Waals surface area contributed by atoms with Gasteiger partial charge in [-0.05, 0) is 37.5 Å². The Hall–Kier alpha value is -0.510. The normalized spacial score (nSPS) is 38.7. The maximum atomic E-state index is 9.02. The zero-order chi connectivity index (χ0) is 8.60. The highest BCUT2D eigenvalue weighted by Crippen LogP contribution is 2.56. The van der Waals surface area contributed by atoms with Crippen LogP contribution in [0, 0.1) is 28.6 Å². The molecule has 12 heavy (non-hydrogen) atoms. The summed E-state index contributed by atoms with van der Waals surface area (Å²) >= 11 is 0. The van der Waals surface area contributed by atoms with Gasteiger partial charge < -0.3 is 0 Å². The van der Waals surface area contributed by atoms with Crippen molar-refractivity contribution in [3.63, 3.8) is 0 Å². The third kappa shape index (κ3) is 1.24. The Morgan fingerprint density at radius 2 is 1.75 bits per heavy atom. The van der Waals surface area contributed by atoms with Gasteiger partial charge in [0.05, 0.1) is 11.5 Å². The van der Waals surface area contributed by atoms with Gasteiger partial charge in [0.15, 0.2) is 0 Å². The minimum absolute atomic E-state index is 0.153. The maximum Gasteiger partial charge on any atom is 0.0692 e. The average molecular weight is 163 g/mol. The molecule has 0 bridgehead atoms. The second kappa shape index (κ2) is 2.76. The average Bonchev–Trinajstić information content (AvgIpc) is 2.86. The van der Waals surface area contributed by atoms with Crippen molar-refractivity contribution in [2.45, 2.75) is 45.4 Å². The highest BCUT2D eigenvalue weighted by atomic mass is 14.5. The number of nitrogens with zero attached hydrogens (tertiary/aromatic N) is 1. The van der Waals surface area contributed by atoms with Crippen LogP contribution in [-0.4, -0.2) is 0 Å². The molecule has 0 aromatic heterocycles. The van der Waals surface area contributed by atoms with Gasteiger partial charge >= 0.3 is 0 Å². The van der Waals surface area contributed by atoms with E-state index in [0.717, 1.165) is 11.8 Å². The molecule has 0 amide bonds. The Morgan fingerprint density at radius 3 is 2.17 bits per heavy atom. The van der Waals surface area contributed by atoms with Crippen LogP contribution in [0.1, 0.15) is 45.4 Å². The molecule has 0 N–H and O–H groups in total. The van der Waals surface area contributed by atoms with E-state index in [2.05, 4.69) is 13.0 Å². The summed E-state index contributed by atoms with van der Waals surface area (Å²) in [5.41, 5.74) is 0.153. The molecule has 0 radical (unpaired) electrons. The molecule has 1 nitrogen and oxygen atoms in total. The lowest BCUT2D eigenvalue weighted by Gasteiger charge is -2.29. The van der Waals surface area contributed by atoms with Crippen molar-refractivity contribution in [3.8, 4) is 6.07 Å². The Kier molecular flexibility index (Phi) is 1.87. The third-order valence-corrected chi connectivity index (χ3v) is 3.81. The quantitative estimate of drug-likeness (QED) is 0.582. The highest BCUT2D eigenvalue weighted by Gasteiger charge is 2.49. The van der Waals surface area contributed by atoms with Crippen LogP contribution in [0.2, 0.25) is 0 Å². The Balaban J connectivity index is 1.95. The van der Waals surface area contributed by atoms with Crippen molar-refractivity contribution >= 4 is 0 Å². The summed E-state index contributed by atoms with van der Waals surface area (Å²) in [5, 5.41) is 9.02. The van der Waals surface area contributed by atoms with E-state index >= 15 is 0 Å². The van der Waals surface area contributed by atoms with Gasteiger partial charge in [-0.2, -0.15) is 5.26 Å². The van der Waals surface area contributed by atoms with Gasteiger partial charge in [0.1, 0.15) is 0 Å². The fourth-order valence-corrected chi connectivity index (χ4v) is 2.56. The zero-order valence-corrected chi connectivity index (χ0v) is 7.84. The monoisotopic (exact) mass is 163 g/mol. The van der Waals surface area contributed by atoms with Crippen molar-refractivity contribution in [3.05, 3.63) is 0 Å². The number of nitriles is 1. The van der Waals surface area contributed by atoms with E-state index in [1.54, 1.807) is 0 Å². The minimum atomic E-state index is 0.153. The summed E-state index contributed by atoms with van der Waals surface area (Å²) in [7, 11) is 0. The van der Waals surface area contributed by atoms with E-state index in [4.69, 9.17) is 5.26 Å². The fourth-order valence-electron chi connectivity index (χ4n) is 2.56. The van der Waals surface area contributed by atoms with Crippen molar-refractivity contribution in [1.29, 1.82) is 5.26 Å². The lowest BCUT2D eigenvalue weighted by Crippen LogP contribution is -2.20. The first-order chi connectivity index (χ1) is 5.77. The van der Waals surface area contributed by atoms with Crippen LogP contribution < -0.4 is 0 Å². The summed E-state index contributed by atoms with van der Waals surface area (Å²) < 4.78 is 0. The third-order valence-electron chi connectivity index (χ3n) is 3.81. The first kappa shape index (κ1) is 8.10. The number of hydrogen-bond donors (Lipinski definition) is 0. The molecule has 1 heteroatoms. The SMILES string of the molecule is CC1CCC(C2(C#N)CC2)CC1. The molecular weight excluding hydrogens is 146 g/mol. The number of hydrogen-bond acceptors (Lipinski definition) is 1. The molecule has 2 fully saturated rings. The fraction of sp³-hybridized carbons (Fsp3) is 0.909. The van der Waals surface area contributed by atoms with Crippen molar-refractivity contribution < 1.29 is 0 Å². The first-order valence-corrected chi connectivity index (χ1v) is 5.18. The van der Waals surface area contributed by atoms with Gasteiger partial charge in [-0.1, -0.05) is 19.8 Å². The molecular formula is C11H17N. The molecule has 0 aromatic carbocycles. The molecule has 0 aromatic rings. The van der Waals surface area contributed by atoms with Crippen LogP contribution >= 0.6 is 0 Å². The van der Waals surface area contributed by atoms with Crippen molar-refractivity contribution in [2.75, 3.05) is 0 Å². The van der Waals surface area contributed by atoms with Gasteiger partial charge in [0.25, 0.3) is 0 Å². The predicted octanol–water partition coefficient (Wildman–Crippen LogP) is 3.12. The van der Waals surface area contributed by atoms with Gasteiger partial charge in [-0.15, -0.1) is 0 Å². The van der Waals surface area contributed by atoms with Crippen LogP contribution in [0.25, 0.3) is 0 Å². The standard InChI is InChI=1S/C11H17N/c1-9-2-4-10(5-3-9)11(8-12)6-7-11/h9-10H,2-7H2,1H3. The molecule has 0 spiro atoms. The van der Waals surface area contributed by atoms with Crippen LogP contribution in [0.4, 0.5) is 0 Å². The Bertz CT molecular complexity index is 202. The molecule has 0 heterocycles. The first-order valence-electron chi connectivity index (χ1n) is 5.18. The second-order valence-electron chi connectivity index (χ2n) is 4.72. The van der Waals surface area contributed by atoms with E-state index in [9.17, 15) is 0 Å². The summed E-state index contributed by atoms with van der Waals surface area (Å²) in [5.74, 6) is 1.66. The molecule has 2 aliphatic rings. The van der Waals surface area contributed by atoms with Gasteiger partial charge in [0, 0.05) is 0 Å². The smallest absolute Gasteiger partial charge is 0.0692 e. The van der Waals surface area contributed by atoms with E-state index in [-0.39, 0.29) is 5.41 Å². The highest BCUT2D eigenvalue weighted by molar-refractivity contribution is 5.13. The van der Waals surface area contributed by atoms with Crippen molar-refractivity contribution in [1.82, 2.24) is 0 Å². The topological polar surface area (TPSA) is 23.8 Å².